The number of rotatable bonds is 4. The molecule has 0 spiro atoms. The number of nitrogens with one attached hydrogen (secondary N) is 1. The summed E-state index contributed by atoms with van der Waals surface area (Å²) in [6.45, 7) is 3.07. The van der Waals surface area contributed by atoms with E-state index in [1.807, 2.05) is 13.0 Å². The van der Waals surface area contributed by atoms with E-state index in [2.05, 4.69) is 4.72 Å². The maximum Gasteiger partial charge on any atom is 0.216 e. The second kappa shape index (κ2) is 5.92. The van der Waals surface area contributed by atoms with Crippen LogP contribution < -0.4 is 4.72 Å². The summed E-state index contributed by atoms with van der Waals surface area (Å²) in [7, 11) is -3.40. The number of hydrogen-bond donors (Lipinski definition) is 1. The first kappa shape index (κ1) is 15.0. The Bertz CT molecular complexity index is 596. The van der Waals surface area contributed by atoms with E-state index in [9.17, 15) is 8.42 Å². The molecular formula is C14H18N2O3S. The number of benzene rings is 1. The van der Waals surface area contributed by atoms with E-state index in [0.29, 0.717) is 37.2 Å². The van der Waals surface area contributed by atoms with Crippen molar-refractivity contribution < 1.29 is 13.2 Å². The van der Waals surface area contributed by atoms with E-state index < -0.39 is 15.6 Å². The van der Waals surface area contributed by atoms with Crippen molar-refractivity contribution in [3.63, 3.8) is 0 Å². The number of nitrogens with zero attached hydrogens (tertiary/aromatic N) is 1. The minimum absolute atomic E-state index is 0.0743. The van der Waals surface area contributed by atoms with Gasteiger partial charge in [-0.1, -0.05) is 12.1 Å². The number of nitriles is 1. The summed E-state index contributed by atoms with van der Waals surface area (Å²) in [6.07, 6.45) is 1.36. The fourth-order valence-corrected chi connectivity index (χ4v) is 3.89. The third-order valence-electron chi connectivity index (χ3n) is 3.44. The SMILES string of the molecule is CC1(NS(=O)(=O)Cc2ccc(C#N)cc2)CCOCC1. The standard InChI is InChI=1S/C14H18N2O3S/c1-14(6-8-19-9-7-14)16-20(17,18)11-13-4-2-12(10-15)3-5-13/h2-5,16H,6-9,11H2,1H3. The lowest BCUT2D eigenvalue weighted by atomic mass is 9.94. The molecule has 1 aromatic carbocycles. The lowest BCUT2D eigenvalue weighted by Crippen LogP contribution is -2.49. The molecule has 1 heterocycles. The number of ether oxygens (including phenoxy) is 1. The Morgan fingerprint density at radius 3 is 2.45 bits per heavy atom. The van der Waals surface area contributed by atoms with E-state index in [0.717, 1.165) is 0 Å². The van der Waals surface area contributed by atoms with Gasteiger partial charge < -0.3 is 4.74 Å². The molecule has 5 nitrogen and oxygen atoms in total. The first-order valence-corrected chi connectivity index (χ1v) is 8.16. The van der Waals surface area contributed by atoms with Crippen LogP contribution in [0.4, 0.5) is 0 Å². The average molecular weight is 294 g/mol. The van der Waals surface area contributed by atoms with Crippen LogP contribution in [0.15, 0.2) is 24.3 Å². The van der Waals surface area contributed by atoms with Gasteiger partial charge in [-0.25, -0.2) is 13.1 Å². The van der Waals surface area contributed by atoms with Gasteiger partial charge in [-0.15, -0.1) is 0 Å². The molecule has 1 saturated heterocycles. The molecule has 108 valence electrons. The topological polar surface area (TPSA) is 79.2 Å². The van der Waals surface area contributed by atoms with Crippen LogP contribution in [0.25, 0.3) is 0 Å². The van der Waals surface area contributed by atoms with E-state index in [1.165, 1.54) is 0 Å². The molecule has 1 N–H and O–H groups in total. The van der Waals surface area contributed by atoms with Crippen LogP contribution in [0.3, 0.4) is 0 Å². The molecule has 1 fully saturated rings. The number of hydrogen-bond acceptors (Lipinski definition) is 4. The molecule has 0 bridgehead atoms. The molecule has 0 atom stereocenters. The molecule has 2 rings (SSSR count). The molecular weight excluding hydrogens is 276 g/mol. The first-order chi connectivity index (χ1) is 9.42. The van der Waals surface area contributed by atoms with Gasteiger partial charge in [0.25, 0.3) is 0 Å². The predicted molar refractivity (Wildman–Crippen MR) is 75.4 cm³/mol. The van der Waals surface area contributed by atoms with Crippen molar-refractivity contribution in [1.29, 1.82) is 5.26 Å². The van der Waals surface area contributed by atoms with E-state index >= 15 is 0 Å². The molecule has 20 heavy (non-hydrogen) atoms. The minimum atomic E-state index is -3.40. The zero-order valence-corrected chi connectivity index (χ0v) is 12.2. The lowest BCUT2D eigenvalue weighted by molar-refractivity contribution is 0.0537. The van der Waals surface area contributed by atoms with Crippen LogP contribution >= 0.6 is 0 Å². The van der Waals surface area contributed by atoms with Crippen molar-refractivity contribution in [1.82, 2.24) is 4.72 Å². The fourth-order valence-electron chi connectivity index (χ4n) is 2.23. The molecule has 1 aromatic rings. The van der Waals surface area contributed by atoms with Gasteiger partial charge in [-0.05, 0) is 37.5 Å². The molecule has 0 saturated carbocycles. The van der Waals surface area contributed by atoms with E-state index in [1.54, 1.807) is 24.3 Å². The summed E-state index contributed by atoms with van der Waals surface area (Å²) in [5.74, 6) is -0.0743. The molecule has 0 amide bonds. The third kappa shape index (κ3) is 4.04. The van der Waals surface area contributed by atoms with Crippen LogP contribution in [-0.2, 0) is 20.5 Å². The Labute approximate surface area is 119 Å². The Balaban J connectivity index is 2.04. The monoisotopic (exact) mass is 294 g/mol. The highest BCUT2D eigenvalue weighted by Gasteiger charge is 2.31. The van der Waals surface area contributed by atoms with Crippen molar-refractivity contribution in [3.05, 3.63) is 35.4 Å². The maximum atomic E-state index is 12.2. The fraction of sp³-hybridized carbons (Fsp3) is 0.500. The molecule has 0 aliphatic carbocycles. The van der Waals surface area contributed by atoms with Gasteiger partial charge in [-0.2, -0.15) is 5.26 Å². The van der Waals surface area contributed by atoms with Crippen LogP contribution in [0, 0.1) is 11.3 Å². The van der Waals surface area contributed by atoms with Gasteiger partial charge in [0.15, 0.2) is 0 Å². The van der Waals surface area contributed by atoms with Crippen LogP contribution in [0.1, 0.15) is 30.9 Å². The Kier molecular flexibility index (Phi) is 4.43. The summed E-state index contributed by atoms with van der Waals surface area (Å²) >= 11 is 0. The molecule has 0 aromatic heterocycles. The first-order valence-electron chi connectivity index (χ1n) is 6.51. The van der Waals surface area contributed by atoms with Gasteiger partial charge in [0.2, 0.25) is 10.0 Å². The van der Waals surface area contributed by atoms with Crippen LogP contribution in [-0.4, -0.2) is 27.2 Å². The second-order valence-corrected chi connectivity index (χ2v) is 7.07. The number of sulfonamides is 1. The van der Waals surface area contributed by atoms with Crippen molar-refractivity contribution >= 4 is 10.0 Å². The Morgan fingerprint density at radius 1 is 1.30 bits per heavy atom. The van der Waals surface area contributed by atoms with Gasteiger partial charge in [0, 0.05) is 18.8 Å². The normalized spacial score (nSPS) is 18.4. The van der Waals surface area contributed by atoms with Crippen molar-refractivity contribution in [2.24, 2.45) is 0 Å². The van der Waals surface area contributed by atoms with Crippen LogP contribution in [0.5, 0.6) is 0 Å². The highest BCUT2D eigenvalue weighted by atomic mass is 32.2. The quantitative estimate of drug-likeness (QED) is 0.913. The molecule has 0 unspecified atom stereocenters. The second-order valence-electron chi connectivity index (χ2n) is 5.34. The van der Waals surface area contributed by atoms with Crippen molar-refractivity contribution in [2.45, 2.75) is 31.1 Å². The highest BCUT2D eigenvalue weighted by molar-refractivity contribution is 7.88. The summed E-state index contributed by atoms with van der Waals surface area (Å²) in [5.41, 5.74) is 0.770. The maximum absolute atomic E-state index is 12.2. The summed E-state index contributed by atoms with van der Waals surface area (Å²) < 4.78 is 32.5. The van der Waals surface area contributed by atoms with Crippen LogP contribution in [0.2, 0.25) is 0 Å². The molecule has 1 aliphatic rings. The lowest BCUT2D eigenvalue weighted by Gasteiger charge is -2.34. The predicted octanol–water partition coefficient (Wildman–Crippen LogP) is 1.55. The molecule has 0 radical (unpaired) electrons. The highest BCUT2D eigenvalue weighted by Crippen LogP contribution is 2.21. The minimum Gasteiger partial charge on any atom is -0.381 e. The van der Waals surface area contributed by atoms with E-state index in [4.69, 9.17) is 10.00 Å². The Hall–Kier alpha value is -1.42. The average Bonchev–Trinajstić information content (AvgIpc) is 2.38. The van der Waals surface area contributed by atoms with Gasteiger partial charge in [-0.3, -0.25) is 0 Å². The van der Waals surface area contributed by atoms with Crippen molar-refractivity contribution in [3.8, 4) is 6.07 Å². The zero-order chi connectivity index (χ0) is 14.6. The van der Waals surface area contributed by atoms with Gasteiger partial charge in [0.1, 0.15) is 0 Å². The summed E-state index contributed by atoms with van der Waals surface area (Å²) in [6, 6.07) is 8.60. The Morgan fingerprint density at radius 2 is 1.90 bits per heavy atom. The summed E-state index contributed by atoms with van der Waals surface area (Å²) in [4.78, 5) is 0. The van der Waals surface area contributed by atoms with Gasteiger partial charge >= 0.3 is 0 Å². The summed E-state index contributed by atoms with van der Waals surface area (Å²) in [5, 5.41) is 8.72. The third-order valence-corrected chi connectivity index (χ3v) is 4.96. The van der Waals surface area contributed by atoms with E-state index in [-0.39, 0.29) is 5.75 Å². The van der Waals surface area contributed by atoms with Gasteiger partial charge in [0.05, 0.1) is 17.4 Å². The van der Waals surface area contributed by atoms with Crippen molar-refractivity contribution in [2.75, 3.05) is 13.2 Å². The zero-order valence-electron chi connectivity index (χ0n) is 11.4. The molecule has 6 heteroatoms. The smallest absolute Gasteiger partial charge is 0.216 e. The largest absolute Gasteiger partial charge is 0.381 e. The molecule has 1 aliphatic heterocycles.